The second-order valence-electron chi connectivity index (χ2n) is 38.0. The standard InChI is InChI=1S/C48H28N4S.2C42H23N3S2/c1-2-16-31(17-3-1)51-37-23-8-6-19-33(37)44-36(22-12-25-39(44)51)46-47-45(34-20-7-9-26-41(34)53-47)49-48(50-46)52-38-24-11-15-30-14-10-21-35(42(30)38)43-32-18-5-4-13-29(32)27-28-40(43)52;1-2-13-26-24(10-1)22-23-33-37(26)30-17-7-11-25-12-8-19-32(36(25)30)45(33)42-43-38-29-15-4-6-21-35(29)47-41(38)39(44-42)31-18-9-16-28-27-14-3-5-20-34(27)46-40(28)31;1-2-12-27-24(9-1)20-22-33-38(27)31-15-7-10-25-11-8-16-32(37(25)31)45(33)42-43-39(41-40(44-42)30-14-4-6-18-35(30)47-41)26-19-21-29-28-13-3-5-17-34(28)46-36(29)23-26/h1-28H;2*1-23H. The topological polar surface area (TPSA) is 92.0 Å². The predicted octanol–water partition coefficient (Wildman–Crippen LogP) is 38.6. The van der Waals surface area contributed by atoms with Gasteiger partial charge in [-0.05, 0) is 162 Å². The molecule has 0 aliphatic carbocycles. The van der Waals surface area contributed by atoms with Crippen molar-refractivity contribution in [1.82, 2.24) is 34.5 Å². The van der Waals surface area contributed by atoms with Crippen LogP contribution in [-0.4, -0.2) is 34.5 Å². The molecular weight excluding hydrogens is 1890 g/mol. The van der Waals surface area contributed by atoms with E-state index in [2.05, 4.69) is 468 Å². The predicted molar refractivity (Wildman–Crippen MR) is 627 cm³/mol. The van der Waals surface area contributed by atoms with Crippen molar-refractivity contribution >= 4 is 296 Å². The fraction of sp³-hybridized carbons (Fsp3) is 0. The zero-order valence-electron chi connectivity index (χ0n) is 78.2. The van der Waals surface area contributed by atoms with Gasteiger partial charge < -0.3 is 4.57 Å². The first kappa shape index (κ1) is 82.5. The largest absolute Gasteiger partial charge is 0.309 e. The molecule has 31 aromatic rings. The highest BCUT2D eigenvalue weighted by molar-refractivity contribution is 7.28. The van der Waals surface area contributed by atoms with Gasteiger partial charge in [-0.1, -0.05) is 352 Å². The minimum absolute atomic E-state index is 0.665. The highest BCUT2D eigenvalue weighted by Crippen LogP contribution is 2.60. The molecule has 34 rings (SSSR count). The van der Waals surface area contributed by atoms with Gasteiger partial charge in [0.05, 0.1) is 92.9 Å². The Hall–Kier alpha value is -18.1. The van der Waals surface area contributed by atoms with Crippen molar-refractivity contribution in [3.63, 3.8) is 0 Å². The molecule has 0 N–H and O–H groups in total. The van der Waals surface area contributed by atoms with Crippen LogP contribution in [0, 0.1) is 0 Å². The van der Waals surface area contributed by atoms with Crippen LogP contribution in [-0.2, 0) is 0 Å². The van der Waals surface area contributed by atoms with Gasteiger partial charge in [0.1, 0.15) is 0 Å². The first-order valence-electron chi connectivity index (χ1n) is 49.4. The van der Waals surface area contributed by atoms with E-state index in [9.17, 15) is 0 Å². The Labute approximate surface area is 860 Å². The van der Waals surface area contributed by atoms with Crippen molar-refractivity contribution in [3.8, 4) is 72.8 Å². The van der Waals surface area contributed by atoms with Gasteiger partial charge in [0, 0.05) is 137 Å². The third kappa shape index (κ3) is 12.4. The van der Waals surface area contributed by atoms with Crippen LogP contribution in [0.3, 0.4) is 0 Å². The molecule has 0 amide bonds. The molecule has 0 bridgehead atoms. The van der Waals surface area contributed by atoms with Crippen molar-refractivity contribution in [2.24, 2.45) is 0 Å². The maximum atomic E-state index is 5.68. The van der Waals surface area contributed by atoms with Crippen LogP contribution in [0.4, 0.5) is 52.0 Å². The highest BCUT2D eigenvalue weighted by Gasteiger charge is 2.37. The number of anilines is 9. The van der Waals surface area contributed by atoms with Crippen LogP contribution < -0.4 is 14.7 Å². The number of hydrogen-bond acceptors (Lipinski definition) is 14. The summed E-state index contributed by atoms with van der Waals surface area (Å²) < 4.78 is 14.5. The number of benzene rings is 22. The fourth-order valence-electron chi connectivity index (χ4n) is 23.8. The molecule has 0 fully saturated rings. The molecule has 22 aromatic carbocycles. The van der Waals surface area contributed by atoms with Crippen LogP contribution in [0.2, 0.25) is 0 Å². The lowest BCUT2D eigenvalue weighted by molar-refractivity contribution is 1.12. The van der Waals surface area contributed by atoms with Gasteiger partial charge in [-0.3, -0.25) is 14.7 Å². The monoisotopic (exact) mass is 1960 g/mol. The average molecular weight is 1960 g/mol. The van der Waals surface area contributed by atoms with Crippen LogP contribution in [0.5, 0.6) is 0 Å². The van der Waals surface area contributed by atoms with Crippen LogP contribution in [0.15, 0.2) is 449 Å². The normalized spacial score (nSPS) is 12.6. The Morgan fingerprint density at radius 1 is 0.177 bits per heavy atom. The Kier molecular flexibility index (Phi) is 18.1. The Balaban J connectivity index is 0.0000000982. The number of thiophene rings is 5. The molecule has 15 heteroatoms. The molecule has 12 heterocycles. The molecule has 0 radical (unpaired) electrons. The summed E-state index contributed by atoms with van der Waals surface area (Å²) in [7, 11) is 0. The van der Waals surface area contributed by atoms with Crippen molar-refractivity contribution < 1.29 is 0 Å². The molecule has 0 saturated heterocycles. The Bertz CT molecular complexity index is 11100. The Morgan fingerprint density at radius 2 is 0.503 bits per heavy atom. The summed E-state index contributed by atoms with van der Waals surface area (Å²) in [5.74, 6) is 2.04. The molecule has 0 atom stereocenters. The molecule has 682 valence electrons. The van der Waals surface area contributed by atoms with Crippen LogP contribution in [0.1, 0.15) is 0 Å². The first-order chi connectivity index (χ1) is 72.9. The first-order valence-corrected chi connectivity index (χ1v) is 53.5. The van der Waals surface area contributed by atoms with Gasteiger partial charge in [-0.25, -0.2) is 29.9 Å². The highest BCUT2D eigenvalue weighted by atomic mass is 32.1. The van der Waals surface area contributed by atoms with Crippen LogP contribution in [0.25, 0.3) is 261 Å². The fourth-order valence-corrected chi connectivity index (χ4v) is 29.7. The SMILES string of the molecule is c1ccc(-n2c3ccccc3c3c(-c4nc(N5c6ccc7ccccc7c6-c6cccc7cccc5c67)nc5c4sc4ccccc45)cccc32)cc1.c1ccc2c3c(ccc2c1)N(c1nc(-c2ccc4c(c2)sc2ccccc24)c2sc4ccccc4c2n1)c1cccc2cccc-3c12.c1ccc2c3c(ccc2c1)N(c1nc(-c2cccc4c2sc2ccccc24)c2sc4ccccc4c2n1)c1cccc2cccc-3c12. The molecule has 3 aliphatic heterocycles. The number of nitrogens with zero attached hydrogens (tertiary/aromatic N) is 10. The van der Waals surface area contributed by atoms with E-state index in [0.717, 1.165) is 126 Å². The summed E-state index contributed by atoms with van der Waals surface area (Å²) in [5, 5.41) is 25.6. The second kappa shape index (κ2) is 32.2. The van der Waals surface area contributed by atoms with Gasteiger partial charge in [0.15, 0.2) is 0 Å². The molecule has 10 nitrogen and oxygen atoms in total. The number of fused-ring (bicyclic) bond motifs is 30. The summed E-state index contributed by atoms with van der Waals surface area (Å²) in [6.45, 7) is 0. The molecular formula is C132H74N10S5. The molecule has 9 aromatic heterocycles. The summed E-state index contributed by atoms with van der Waals surface area (Å²) in [6.07, 6.45) is 0. The van der Waals surface area contributed by atoms with E-state index in [-0.39, 0.29) is 0 Å². The number of hydrogen-bond donors (Lipinski definition) is 0. The molecule has 0 saturated carbocycles. The number of para-hydroxylation sites is 2. The number of rotatable bonds is 7. The molecule has 3 aliphatic rings. The van der Waals surface area contributed by atoms with E-state index in [1.807, 2.05) is 22.7 Å². The van der Waals surface area contributed by atoms with E-state index in [4.69, 9.17) is 29.9 Å². The molecule has 0 spiro atoms. The minimum atomic E-state index is 0.665. The quantitative estimate of drug-likeness (QED) is 0.155. The van der Waals surface area contributed by atoms with Gasteiger partial charge in [-0.15, -0.1) is 56.7 Å². The maximum Gasteiger partial charge on any atom is 0.235 e. The van der Waals surface area contributed by atoms with E-state index in [0.29, 0.717) is 17.8 Å². The lowest BCUT2D eigenvalue weighted by Crippen LogP contribution is -2.18. The average Bonchev–Trinajstić information content (AvgIpc) is 0.897. The zero-order valence-corrected chi connectivity index (χ0v) is 82.3. The van der Waals surface area contributed by atoms with Crippen molar-refractivity contribution in [2.45, 2.75) is 0 Å². The third-order valence-electron chi connectivity index (χ3n) is 30.1. The summed E-state index contributed by atoms with van der Waals surface area (Å²) in [6, 6.07) is 162. The number of aromatic nitrogens is 7. The summed E-state index contributed by atoms with van der Waals surface area (Å²) in [4.78, 5) is 40.1. The summed E-state index contributed by atoms with van der Waals surface area (Å²) in [5.41, 5.74) is 26.6. The zero-order chi connectivity index (χ0) is 95.9. The van der Waals surface area contributed by atoms with Gasteiger partial charge in [0.25, 0.3) is 0 Å². The van der Waals surface area contributed by atoms with E-state index >= 15 is 0 Å². The Morgan fingerprint density at radius 3 is 0.986 bits per heavy atom. The van der Waals surface area contributed by atoms with Gasteiger partial charge in [0.2, 0.25) is 17.8 Å². The lowest BCUT2D eigenvalue weighted by atomic mass is 9.88. The third-order valence-corrected chi connectivity index (χ3v) is 36.0. The van der Waals surface area contributed by atoms with E-state index in [1.165, 1.54) is 169 Å². The van der Waals surface area contributed by atoms with Crippen molar-refractivity contribution in [1.29, 1.82) is 0 Å². The maximum absolute atomic E-state index is 5.68. The minimum Gasteiger partial charge on any atom is -0.309 e. The lowest BCUT2D eigenvalue weighted by Gasteiger charge is -2.33. The van der Waals surface area contributed by atoms with Crippen molar-refractivity contribution in [3.05, 3.63) is 449 Å². The van der Waals surface area contributed by atoms with Crippen molar-refractivity contribution in [2.75, 3.05) is 14.7 Å². The van der Waals surface area contributed by atoms with E-state index in [1.54, 1.807) is 34.0 Å². The molecule has 147 heavy (non-hydrogen) atoms. The smallest absolute Gasteiger partial charge is 0.235 e. The summed E-state index contributed by atoms with van der Waals surface area (Å²) >= 11 is 9.03. The van der Waals surface area contributed by atoms with Gasteiger partial charge >= 0.3 is 0 Å². The van der Waals surface area contributed by atoms with E-state index < -0.39 is 0 Å². The van der Waals surface area contributed by atoms with Gasteiger partial charge in [-0.2, -0.15) is 0 Å². The van der Waals surface area contributed by atoms with Crippen LogP contribution >= 0.6 is 56.7 Å². The molecule has 0 unspecified atom stereocenters. The second-order valence-corrected chi connectivity index (χ2v) is 43.3.